The zero-order valence-electron chi connectivity index (χ0n) is 14.0. The molecule has 3 heteroatoms. The fourth-order valence-corrected chi connectivity index (χ4v) is 5.17. The second-order valence-corrected chi connectivity index (χ2v) is 8.31. The molecule has 0 bridgehead atoms. The predicted octanol–water partition coefficient (Wildman–Crippen LogP) is 3.77. The summed E-state index contributed by atoms with van der Waals surface area (Å²) in [4.78, 5) is 7.34. The van der Waals surface area contributed by atoms with Gasteiger partial charge in [-0.1, -0.05) is 0 Å². The fraction of sp³-hybridized carbons (Fsp3) is 0.136. The number of benzene rings is 3. The second kappa shape index (κ2) is 7.69. The summed E-state index contributed by atoms with van der Waals surface area (Å²) in [6, 6.07) is 32.4. The molecule has 1 aliphatic rings. The van der Waals surface area contributed by atoms with E-state index in [-0.39, 0.29) is 0 Å². The number of hydrogen-bond acceptors (Lipinski definition) is 2. The maximum absolute atomic E-state index is 4.91. The Labute approximate surface area is 155 Å². The number of para-hydroxylation sites is 1. The van der Waals surface area contributed by atoms with Crippen molar-refractivity contribution < 1.29 is 0 Å². The average Bonchev–Trinajstić information content (AvgIpc) is 3.12. The molecule has 0 N–H and O–H groups in total. The molecule has 1 heterocycles. The minimum atomic E-state index is 0.429. The van der Waals surface area contributed by atoms with Crippen LogP contribution in [0.1, 0.15) is 5.56 Å². The van der Waals surface area contributed by atoms with Gasteiger partial charge in [-0.2, -0.15) is 0 Å². The summed E-state index contributed by atoms with van der Waals surface area (Å²) in [6.07, 6.45) is 0. The summed E-state index contributed by atoms with van der Waals surface area (Å²) in [7, 11) is 0. The topological polar surface area (TPSA) is 15.6 Å². The summed E-state index contributed by atoms with van der Waals surface area (Å²) in [5.74, 6) is 1.10. The minimum absolute atomic E-state index is 0.429. The van der Waals surface area contributed by atoms with Gasteiger partial charge in [-0.25, -0.2) is 0 Å². The number of amidine groups is 1. The third-order valence-electron chi connectivity index (χ3n) is 4.30. The summed E-state index contributed by atoms with van der Waals surface area (Å²) in [6.45, 7) is 0.869. The van der Waals surface area contributed by atoms with Crippen molar-refractivity contribution >= 4 is 30.9 Å². The van der Waals surface area contributed by atoms with Crippen LogP contribution < -0.4 is 9.36 Å². The first-order valence-electron chi connectivity index (χ1n) is 8.54. The van der Waals surface area contributed by atoms with Crippen molar-refractivity contribution in [3.05, 3.63) is 96.6 Å². The van der Waals surface area contributed by atoms with E-state index in [9.17, 15) is 0 Å². The number of hydrogen-bond donors (Lipinski definition) is 0. The van der Waals surface area contributed by atoms with Gasteiger partial charge in [-0.15, -0.1) is 0 Å². The van der Waals surface area contributed by atoms with Gasteiger partial charge in [-0.05, 0) is 0 Å². The molecule has 1 atom stereocenters. The van der Waals surface area contributed by atoms with Gasteiger partial charge in [0.15, 0.2) is 0 Å². The van der Waals surface area contributed by atoms with E-state index < -0.39 is 0 Å². The molecular formula is C22H20N2Se. The van der Waals surface area contributed by atoms with Gasteiger partial charge >= 0.3 is 155 Å². The molecule has 0 aliphatic carbocycles. The number of nitrogens with zero attached hydrogens (tertiary/aromatic N) is 2. The Bertz CT molecular complexity index is 832. The van der Waals surface area contributed by atoms with Crippen molar-refractivity contribution in [1.82, 2.24) is 0 Å². The van der Waals surface area contributed by atoms with E-state index in [1.54, 1.807) is 0 Å². The van der Waals surface area contributed by atoms with Crippen LogP contribution in [0, 0.1) is 0 Å². The Hall–Kier alpha value is -2.35. The zero-order valence-corrected chi connectivity index (χ0v) is 15.7. The summed E-state index contributed by atoms with van der Waals surface area (Å²) >= 11 is 0.459. The van der Waals surface area contributed by atoms with E-state index >= 15 is 0 Å². The van der Waals surface area contributed by atoms with E-state index in [2.05, 4.69) is 95.9 Å². The van der Waals surface area contributed by atoms with Gasteiger partial charge in [0, 0.05) is 0 Å². The second-order valence-electron chi connectivity index (χ2n) is 6.01. The number of aliphatic imine (C=N–C) groups is 1. The molecule has 124 valence electrons. The van der Waals surface area contributed by atoms with Crippen molar-refractivity contribution in [1.29, 1.82) is 0 Å². The van der Waals surface area contributed by atoms with Crippen LogP contribution in [0.5, 0.6) is 0 Å². The first-order valence-corrected chi connectivity index (χ1v) is 10.6. The van der Waals surface area contributed by atoms with Crippen molar-refractivity contribution in [2.75, 3.05) is 11.4 Å². The number of anilines is 1. The first-order chi connectivity index (χ1) is 12.4. The SMILES string of the molecule is c1ccc([Se]CC2CN=C(c3ccccc3)N2c2ccccc2)cc1. The van der Waals surface area contributed by atoms with Gasteiger partial charge < -0.3 is 0 Å². The molecular weight excluding hydrogens is 371 g/mol. The molecule has 0 saturated heterocycles. The normalized spacial score (nSPS) is 16.7. The van der Waals surface area contributed by atoms with Gasteiger partial charge in [0.1, 0.15) is 0 Å². The van der Waals surface area contributed by atoms with E-state index in [4.69, 9.17) is 4.99 Å². The predicted molar refractivity (Wildman–Crippen MR) is 107 cm³/mol. The van der Waals surface area contributed by atoms with E-state index in [1.807, 2.05) is 0 Å². The van der Waals surface area contributed by atoms with Crippen LogP contribution in [0.3, 0.4) is 0 Å². The Kier molecular flexibility index (Phi) is 4.96. The molecule has 0 radical (unpaired) electrons. The zero-order chi connectivity index (χ0) is 16.9. The Balaban J connectivity index is 1.59. The van der Waals surface area contributed by atoms with Crippen LogP contribution in [0.4, 0.5) is 5.69 Å². The van der Waals surface area contributed by atoms with Crippen molar-refractivity contribution in [2.45, 2.75) is 11.4 Å². The molecule has 0 saturated carbocycles. The standard InChI is InChI=1S/C22H20N2Se/c1-4-10-18(11-5-1)22-23-16-20(17-25-21-14-8-3-9-15-21)24(22)19-12-6-2-7-13-19/h1-15,20H,16-17H2. The molecule has 4 rings (SSSR count). The molecule has 3 aromatic carbocycles. The quantitative estimate of drug-likeness (QED) is 0.605. The van der Waals surface area contributed by atoms with Gasteiger partial charge in [-0.3, -0.25) is 0 Å². The monoisotopic (exact) mass is 392 g/mol. The van der Waals surface area contributed by atoms with Gasteiger partial charge in [0.2, 0.25) is 0 Å². The third-order valence-corrected chi connectivity index (χ3v) is 6.72. The van der Waals surface area contributed by atoms with Gasteiger partial charge in [0.05, 0.1) is 0 Å². The van der Waals surface area contributed by atoms with Crippen LogP contribution in [-0.2, 0) is 0 Å². The molecule has 1 unspecified atom stereocenters. The molecule has 3 aromatic rings. The number of rotatable bonds is 5. The molecule has 0 spiro atoms. The van der Waals surface area contributed by atoms with E-state index in [0.29, 0.717) is 21.0 Å². The van der Waals surface area contributed by atoms with Crippen LogP contribution in [0.2, 0.25) is 5.32 Å². The van der Waals surface area contributed by atoms with Crippen LogP contribution in [-0.4, -0.2) is 33.4 Å². The van der Waals surface area contributed by atoms with Crippen LogP contribution >= 0.6 is 0 Å². The van der Waals surface area contributed by atoms with Crippen molar-refractivity contribution in [2.24, 2.45) is 4.99 Å². The van der Waals surface area contributed by atoms with Crippen LogP contribution in [0.15, 0.2) is 96.0 Å². The van der Waals surface area contributed by atoms with Gasteiger partial charge in [0.25, 0.3) is 0 Å². The maximum atomic E-state index is 4.91. The first kappa shape index (κ1) is 16.1. The third kappa shape index (κ3) is 3.68. The van der Waals surface area contributed by atoms with Crippen LogP contribution in [0.25, 0.3) is 0 Å². The molecule has 0 fully saturated rings. The molecule has 1 aliphatic heterocycles. The summed E-state index contributed by atoms with van der Waals surface area (Å²) in [5, 5.41) is 1.16. The molecule has 25 heavy (non-hydrogen) atoms. The molecule has 2 nitrogen and oxygen atoms in total. The van der Waals surface area contributed by atoms with E-state index in [0.717, 1.165) is 17.7 Å². The average molecular weight is 391 g/mol. The summed E-state index contributed by atoms with van der Waals surface area (Å²) < 4.78 is 1.45. The molecule has 0 amide bonds. The van der Waals surface area contributed by atoms with Crippen molar-refractivity contribution in [3.8, 4) is 0 Å². The Morgan fingerprint density at radius 1 is 0.800 bits per heavy atom. The Morgan fingerprint density at radius 3 is 2.08 bits per heavy atom. The summed E-state index contributed by atoms with van der Waals surface area (Å²) in [5.41, 5.74) is 2.43. The fourth-order valence-electron chi connectivity index (χ4n) is 3.10. The molecule has 0 aromatic heterocycles. The van der Waals surface area contributed by atoms with E-state index in [1.165, 1.54) is 15.7 Å². The Morgan fingerprint density at radius 2 is 1.40 bits per heavy atom. The van der Waals surface area contributed by atoms with Crippen molar-refractivity contribution in [3.63, 3.8) is 0 Å².